The Morgan fingerprint density at radius 3 is 2.78 bits per heavy atom. The van der Waals surface area contributed by atoms with Crippen LogP contribution in [0, 0.1) is 5.92 Å². The summed E-state index contributed by atoms with van der Waals surface area (Å²) in [4.78, 5) is 16.4. The summed E-state index contributed by atoms with van der Waals surface area (Å²) in [7, 11) is 4.07. The number of morpholine rings is 1. The molecule has 5 heteroatoms. The molecule has 0 aromatic carbocycles. The predicted molar refractivity (Wildman–Crippen MR) is 70.5 cm³/mol. The number of hydrogen-bond donors (Lipinski definition) is 1. The normalized spacial score (nSPS) is 27.1. The van der Waals surface area contributed by atoms with Crippen LogP contribution in [0.1, 0.15) is 12.8 Å². The van der Waals surface area contributed by atoms with E-state index in [1.807, 2.05) is 11.9 Å². The van der Waals surface area contributed by atoms with Crippen molar-refractivity contribution in [2.24, 2.45) is 5.92 Å². The predicted octanol–water partition coefficient (Wildman–Crippen LogP) is -0.225. The van der Waals surface area contributed by atoms with Gasteiger partial charge in [-0.3, -0.25) is 4.79 Å². The number of carbonyl (C=O) groups is 1. The summed E-state index contributed by atoms with van der Waals surface area (Å²) >= 11 is 0. The van der Waals surface area contributed by atoms with Crippen molar-refractivity contribution < 1.29 is 9.53 Å². The summed E-state index contributed by atoms with van der Waals surface area (Å²) in [5.74, 6) is 0.827. The second-order valence-corrected chi connectivity index (χ2v) is 5.55. The van der Waals surface area contributed by atoms with E-state index in [9.17, 15) is 4.79 Å². The first-order valence-electron chi connectivity index (χ1n) is 6.91. The Hall–Kier alpha value is -0.650. The number of rotatable bonds is 3. The zero-order valence-electron chi connectivity index (χ0n) is 11.5. The molecule has 18 heavy (non-hydrogen) atoms. The smallest absolute Gasteiger partial charge is 0.241 e. The van der Waals surface area contributed by atoms with Crippen molar-refractivity contribution in [3.8, 4) is 0 Å². The number of nitrogens with zero attached hydrogens (tertiary/aromatic N) is 2. The van der Waals surface area contributed by atoms with Gasteiger partial charge in [0.15, 0.2) is 0 Å². The average molecular weight is 255 g/mol. The zero-order chi connectivity index (χ0) is 13.0. The third kappa shape index (κ3) is 3.67. The van der Waals surface area contributed by atoms with E-state index in [2.05, 4.69) is 17.3 Å². The Bertz CT molecular complexity index is 271. The van der Waals surface area contributed by atoms with Gasteiger partial charge < -0.3 is 19.9 Å². The minimum Gasteiger partial charge on any atom is -0.378 e. The van der Waals surface area contributed by atoms with Gasteiger partial charge in [0, 0.05) is 20.1 Å². The first-order valence-corrected chi connectivity index (χ1v) is 6.91. The highest BCUT2D eigenvalue weighted by molar-refractivity contribution is 5.81. The van der Waals surface area contributed by atoms with Crippen molar-refractivity contribution in [3.05, 3.63) is 0 Å². The molecule has 0 radical (unpaired) electrons. The number of ether oxygens (including phenoxy) is 1. The molecule has 0 bridgehead atoms. The van der Waals surface area contributed by atoms with Gasteiger partial charge in [-0.05, 0) is 38.9 Å². The molecule has 2 rings (SSSR count). The summed E-state index contributed by atoms with van der Waals surface area (Å²) in [5.41, 5.74) is 0. The van der Waals surface area contributed by atoms with Crippen molar-refractivity contribution in [2.45, 2.75) is 18.9 Å². The quantitative estimate of drug-likeness (QED) is 0.757. The number of nitrogens with one attached hydrogen (secondary N) is 1. The second kappa shape index (κ2) is 6.50. The monoisotopic (exact) mass is 255 g/mol. The number of hydrogen-bond acceptors (Lipinski definition) is 4. The fraction of sp³-hybridized carbons (Fsp3) is 0.923. The number of likely N-dealkylation sites (tertiary alicyclic amines) is 1. The molecule has 0 aromatic heterocycles. The highest BCUT2D eigenvalue weighted by atomic mass is 16.5. The maximum absolute atomic E-state index is 12.2. The molecule has 104 valence electrons. The molecule has 5 nitrogen and oxygen atoms in total. The summed E-state index contributed by atoms with van der Waals surface area (Å²) in [6.45, 7) is 5.18. The Balaban J connectivity index is 1.76. The van der Waals surface area contributed by atoms with Gasteiger partial charge >= 0.3 is 0 Å². The van der Waals surface area contributed by atoms with Crippen LogP contribution in [-0.2, 0) is 9.53 Å². The fourth-order valence-electron chi connectivity index (χ4n) is 2.71. The van der Waals surface area contributed by atoms with Crippen LogP contribution in [0.25, 0.3) is 0 Å². The van der Waals surface area contributed by atoms with Gasteiger partial charge in [-0.2, -0.15) is 0 Å². The van der Waals surface area contributed by atoms with Gasteiger partial charge in [-0.25, -0.2) is 0 Å². The van der Waals surface area contributed by atoms with Crippen molar-refractivity contribution in [3.63, 3.8) is 0 Å². The first kappa shape index (κ1) is 13.8. The van der Waals surface area contributed by atoms with E-state index >= 15 is 0 Å². The van der Waals surface area contributed by atoms with Crippen LogP contribution in [-0.4, -0.2) is 75.2 Å². The molecular weight excluding hydrogens is 230 g/mol. The van der Waals surface area contributed by atoms with E-state index in [0.717, 1.165) is 26.2 Å². The molecule has 1 atom stereocenters. The molecule has 0 spiro atoms. The maximum atomic E-state index is 12.2. The summed E-state index contributed by atoms with van der Waals surface area (Å²) in [5, 5.41) is 3.22. The SMILES string of the molecule is CN1CCC(CN(C)C(=O)C2COCCN2)CC1. The minimum atomic E-state index is -0.144. The zero-order valence-corrected chi connectivity index (χ0v) is 11.5. The molecule has 2 aliphatic heterocycles. The highest BCUT2D eigenvalue weighted by Gasteiger charge is 2.26. The van der Waals surface area contributed by atoms with E-state index in [0.29, 0.717) is 19.1 Å². The topological polar surface area (TPSA) is 44.8 Å². The summed E-state index contributed by atoms with van der Waals surface area (Å²) in [6.07, 6.45) is 2.39. The standard InChI is InChI=1S/C13H25N3O2/c1-15-6-3-11(4-7-15)9-16(2)13(17)12-10-18-8-5-14-12/h11-12,14H,3-10H2,1-2H3. The lowest BCUT2D eigenvalue weighted by Gasteiger charge is -2.33. The van der Waals surface area contributed by atoms with Gasteiger partial charge in [0.1, 0.15) is 6.04 Å². The van der Waals surface area contributed by atoms with Crippen LogP contribution in [0.3, 0.4) is 0 Å². The van der Waals surface area contributed by atoms with Crippen LogP contribution in [0.15, 0.2) is 0 Å². The van der Waals surface area contributed by atoms with E-state index < -0.39 is 0 Å². The number of amides is 1. The van der Waals surface area contributed by atoms with E-state index in [4.69, 9.17) is 4.74 Å². The minimum absolute atomic E-state index is 0.144. The van der Waals surface area contributed by atoms with Crippen LogP contribution in [0.4, 0.5) is 0 Å². The molecule has 1 N–H and O–H groups in total. The van der Waals surface area contributed by atoms with Gasteiger partial charge in [-0.1, -0.05) is 0 Å². The number of likely N-dealkylation sites (N-methyl/N-ethyl adjacent to an activating group) is 1. The molecule has 0 saturated carbocycles. The summed E-state index contributed by atoms with van der Waals surface area (Å²) in [6, 6.07) is -0.144. The fourth-order valence-corrected chi connectivity index (χ4v) is 2.71. The van der Waals surface area contributed by atoms with Gasteiger partial charge in [0.25, 0.3) is 0 Å². The molecule has 2 saturated heterocycles. The molecule has 1 unspecified atom stereocenters. The highest BCUT2D eigenvalue weighted by Crippen LogP contribution is 2.17. The molecule has 1 amide bonds. The Morgan fingerprint density at radius 2 is 2.17 bits per heavy atom. The van der Waals surface area contributed by atoms with Crippen LogP contribution < -0.4 is 5.32 Å². The lowest BCUT2D eigenvalue weighted by atomic mass is 9.96. The Morgan fingerprint density at radius 1 is 1.44 bits per heavy atom. The second-order valence-electron chi connectivity index (χ2n) is 5.55. The number of piperidine rings is 1. The van der Waals surface area contributed by atoms with Crippen molar-refractivity contribution >= 4 is 5.91 Å². The van der Waals surface area contributed by atoms with Gasteiger partial charge in [0.2, 0.25) is 5.91 Å². The first-order chi connectivity index (χ1) is 8.66. The van der Waals surface area contributed by atoms with Gasteiger partial charge in [0.05, 0.1) is 13.2 Å². The molecule has 2 aliphatic rings. The van der Waals surface area contributed by atoms with E-state index in [1.54, 1.807) is 0 Å². The lowest BCUT2D eigenvalue weighted by molar-refractivity contribution is -0.135. The van der Waals surface area contributed by atoms with Crippen molar-refractivity contribution in [2.75, 3.05) is 53.5 Å². The van der Waals surface area contributed by atoms with Crippen molar-refractivity contribution in [1.29, 1.82) is 0 Å². The molecule has 2 heterocycles. The molecule has 0 aromatic rings. The Labute approximate surface area is 109 Å². The molecule has 0 aliphatic carbocycles. The van der Waals surface area contributed by atoms with Gasteiger partial charge in [-0.15, -0.1) is 0 Å². The van der Waals surface area contributed by atoms with Crippen LogP contribution in [0.5, 0.6) is 0 Å². The van der Waals surface area contributed by atoms with E-state index in [1.165, 1.54) is 12.8 Å². The van der Waals surface area contributed by atoms with Crippen LogP contribution in [0.2, 0.25) is 0 Å². The number of carbonyl (C=O) groups excluding carboxylic acids is 1. The van der Waals surface area contributed by atoms with E-state index in [-0.39, 0.29) is 11.9 Å². The third-order valence-corrected chi connectivity index (χ3v) is 3.97. The molecule has 2 fully saturated rings. The largest absolute Gasteiger partial charge is 0.378 e. The third-order valence-electron chi connectivity index (χ3n) is 3.97. The maximum Gasteiger partial charge on any atom is 0.241 e. The summed E-state index contributed by atoms with van der Waals surface area (Å²) < 4.78 is 5.34. The average Bonchev–Trinajstić information content (AvgIpc) is 2.41. The Kier molecular flexibility index (Phi) is 4.97. The van der Waals surface area contributed by atoms with Crippen LogP contribution >= 0.6 is 0 Å². The molecular formula is C13H25N3O2. The van der Waals surface area contributed by atoms with Crippen molar-refractivity contribution in [1.82, 2.24) is 15.1 Å². The lowest BCUT2D eigenvalue weighted by Crippen LogP contribution is -2.52.